The van der Waals surface area contributed by atoms with Crippen molar-refractivity contribution in [2.24, 2.45) is 5.92 Å². The van der Waals surface area contributed by atoms with E-state index in [-0.39, 0.29) is 0 Å². The average molecular weight is 206 g/mol. The minimum Gasteiger partial charge on any atom is -0.355 e. The highest BCUT2D eigenvalue weighted by molar-refractivity contribution is 5.37. The summed E-state index contributed by atoms with van der Waals surface area (Å²) in [6.45, 7) is 4.49. The summed E-state index contributed by atoms with van der Waals surface area (Å²) in [5.41, 5.74) is 0. The first kappa shape index (κ1) is 10.4. The van der Waals surface area contributed by atoms with Crippen LogP contribution in [0.2, 0.25) is 0 Å². The Morgan fingerprint density at radius 1 is 1.53 bits per heavy atom. The third-order valence-electron chi connectivity index (χ3n) is 3.21. The molecule has 4 heteroatoms. The van der Waals surface area contributed by atoms with Crippen molar-refractivity contribution >= 4 is 5.82 Å². The molecule has 1 aromatic heterocycles. The number of nitrogens with one attached hydrogen (secondary N) is 1. The molecule has 0 saturated carbocycles. The Kier molecular flexibility index (Phi) is 3.16. The maximum Gasteiger partial charge on any atom is 0.131 e. The van der Waals surface area contributed by atoms with E-state index < -0.39 is 0 Å². The quantitative estimate of drug-likeness (QED) is 0.781. The van der Waals surface area contributed by atoms with Gasteiger partial charge in [-0.25, -0.2) is 9.97 Å². The number of piperidine rings is 1. The van der Waals surface area contributed by atoms with E-state index in [1.807, 2.05) is 6.07 Å². The molecule has 0 unspecified atom stereocenters. The van der Waals surface area contributed by atoms with Crippen LogP contribution in [0, 0.1) is 5.92 Å². The summed E-state index contributed by atoms with van der Waals surface area (Å²) < 4.78 is 0. The fraction of sp³-hybridized carbons (Fsp3) is 0.636. The van der Waals surface area contributed by atoms with Gasteiger partial charge in [0.25, 0.3) is 0 Å². The van der Waals surface area contributed by atoms with Crippen LogP contribution in [0.4, 0.5) is 5.82 Å². The van der Waals surface area contributed by atoms with Crippen molar-refractivity contribution < 1.29 is 0 Å². The molecule has 1 aromatic rings. The minimum absolute atomic E-state index is 0.536. The van der Waals surface area contributed by atoms with Gasteiger partial charge in [-0.3, -0.25) is 0 Å². The molecule has 0 aliphatic carbocycles. The van der Waals surface area contributed by atoms with E-state index in [1.54, 1.807) is 12.5 Å². The zero-order valence-corrected chi connectivity index (χ0v) is 9.35. The van der Waals surface area contributed by atoms with Gasteiger partial charge in [-0.05, 0) is 24.9 Å². The molecular weight excluding hydrogens is 188 g/mol. The molecule has 0 bridgehead atoms. The van der Waals surface area contributed by atoms with Gasteiger partial charge in [-0.1, -0.05) is 6.92 Å². The SMILES string of the molecule is C[C@@H]1CCNC[C@@H]1N(C)c1ccncn1. The molecule has 0 spiro atoms. The predicted octanol–water partition coefficient (Wildman–Crippen LogP) is 0.911. The first-order chi connectivity index (χ1) is 7.29. The van der Waals surface area contributed by atoms with Crippen LogP contribution in [0.3, 0.4) is 0 Å². The van der Waals surface area contributed by atoms with Gasteiger partial charge < -0.3 is 10.2 Å². The molecule has 2 rings (SSSR count). The second kappa shape index (κ2) is 4.57. The van der Waals surface area contributed by atoms with Crippen LogP contribution in [0.5, 0.6) is 0 Å². The number of anilines is 1. The van der Waals surface area contributed by atoms with Crippen molar-refractivity contribution in [3.05, 3.63) is 18.6 Å². The third kappa shape index (κ3) is 2.26. The zero-order valence-electron chi connectivity index (χ0n) is 9.35. The van der Waals surface area contributed by atoms with Gasteiger partial charge in [0.2, 0.25) is 0 Å². The molecule has 82 valence electrons. The first-order valence-electron chi connectivity index (χ1n) is 5.48. The standard InChI is InChI=1S/C11H18N4/c1-9-3-5-12-7-10(9)15(2)11-4-6-13-8-14-11/h4,6,8-10,12H,3,5,7H2,1-2H3/t9-,10+/m1/s1. The second-order valence-corrected chi connectivity index (χ2v) is 4.22. The van der Waals surface area contributed by atoms with E-state index >= 15 is 0 Å². The monoisotopic (exact) mass is 206 g/mol. The van der Waals surface area contributed by atoms with Crippen molar-refractivity contribution in [3.8, 4) is 0 Å². The van der Waals surface area contributed by atoms with E-state index in [4.69, 9.17) is 0 Å². The van der Waals surface area contributed by atoms with Crippen LogP contribution in [0.25, 0.3) is 0 Å². The van der Waals surface area contributed by atoms with E-state index in [0.29, 0.717) is 12.0 Å². The highest BCUT2D eigenvalue weighted by Crippen LogP contribution is 2.20. The molecule has 2 atom stereocenters. The summed E-state index contributed by atoms with van der Waals surface area (Å²) in [5.74, 6) is 1.72. The highest BCUT2D eigenvalue weighted by Gasteiger charge is 2.25. The predicted molar refractivity (Wildman–Crippen MR) is 60.9 cm³/mol. The van der Waals surface area contributed by atoms with Crippen LogP contribution in [0.1, 0.15) is 13.3 Å². The number of hydrogen-bond acceptors (Lipinski definition) is 4. The van der Waals surface area contributed by atoms with Gasteiger partial charge in [0, 0.05) is 25.8 Å². The maximum absolute atomic E-state index is 4.28. The molecule has 1 aliphatic heterocycles. The Morgan fingerprint density at radius 3 is 3.07 bits per heavy atom. The lowest BCUT2D eigenvalue weighted by Crippen LogP contribution is -2.49. The lowest BCUT2D eigenvalue weighted by atomic mass is 9.94. The van der Waals surface area contributed by atoms with Gasteiger partial charge in [0.1, 0.15) is 12.1 Å². The Bertz CT molecular complexity index is 301. The zero-order chi connectivity index (χ0) is 10.7. The summed E-state index contributed by atoms with van der Waals surface area (Å²) in [6.07, 6.45) is 4.63. The van der Waals surface area contributed by atoms with Crippen LogP contribution >= 0.6 is 0 Å². The molecule has 1 N–H and O–H groups in total. The van der Waals surface area contributed by atoms with Crippen LogP contribution in [-0.4, -0.2) is 36.1 Å². The molecule has 0 aromatic carbocycles. The van der Waals surface area contributed by atoms with Crippen molar-refractivity contribution in [2.75, 3.05) is 25.0 Å². The van der Waals surface area contributed by atoms with Gasteiger partial charge in [0.15, 0.2) is 0 Å². The lowest BCUT2D eigenvalue weighted by molar-refractivity contribution is 0.337. The number of aromatic nitrogens is 2. The number of rotatable bonds is 2. The largest absolute Gasteiger partial charge is 0.355 e. The first-order valence-corrected chi connectivity index (χ1v) is 5.48. The molecule has 1 fully saturated rings. The van der Waals surface area contributed by atoms with Crippen LogP contribution in [0.15, 0.2) is 18.6 Å². The lowest BCUT2D eigenvalue weighted by Gasteiger charge is -2.37. The smallest absolute Gasteiger partial charge is 0.131 e. The third-order valence-corrected chi connectivity index (χ3v) is 3.21. The van der Waals surface area contributed by atoms with Gasteiger partial charge >= 0.3 is 0 Å². The van der Waals surface area contributed by atoms with Crippen molar-refractivity contribution in [1.82, 2.24) is 15.3 Å². The van der Waals surface area contributed by atoms with Crippen molar-refractivity contribution in [2.45, 2.75) is 19.4 Å². The molecule has 1 saturated heterocycles. The van der Waals surface area contributed by atoms with Crippen molar-refractivity contribution in [3.63, 3.8) is 0 Å². The van der Waals surface area contributed by atoms with E-state index in [0.717, 1.165) is 18.9 Å². The summed E-state index contributed by atoms with van der Waals surface area (Å²) in [6, 6.07) is 2.50. The minimum atomic E-state index is 0.536. The van der Waals surface area contributed by atoms with Gasteiger partial charge in [0.05, 0.1) is 0 Å². The number of hydrogen-bond donors (Lipinski definition) is 1. The Hall–Kier alpha value is -1.16. The van der Waals surface area contributed by atoms with Gasteiger partial charge in [-0.2, -0.15) is 0 Å². The van der Waals surface area contributed by atoms with Crippen molar-refractivity contribution in [1.29, 1.82) is 0 Å². The Balaban J connectivity index is 2.09. The highest BCUT2D eigenvalue weighted by atomic mass is 15.2. The molecule has 2 heterocycles. The maximum atomic E-state index is 4.28. The molecular formula is C11H18N4. The Labute approximate surface area is 90.7 Å². The second-order valence-electron chi connectivity index (χ2n) is 4.22. The van der Waals surface area contributed by atoms with E-state index in [9.17, 15) is 0 Å². The molecule has 0 amide bonds. The number of likely N-dealkylation sites (N-methyl/N-ethyl adjacent to an activating group) is 1. The molecule has 0 radical (unpaired) electrons. The summed E-state index contributed by atoms with van der Waals surface area (Å²) in [4.78, 5) is 10.5. The molecule has 15 heavy (non-hydrogen) atoms. The fourth-order valence-corrected chi connectivity index (χ4v) is 2.15. The topological polar surface area (TPSA) is 41.0 Å². The number of nitrogens with zero attached hydrogens (tertiary/aromatic N) is 3. The molecule has 4 nitrogen and oxygen atoms in total. The normalized spacial score (nSPS) is 26.3. The Morgan fingerprint density at radius 2 is 2.40 bits per heavy atom. The van der Waals surface area contributed by atoms with E-state index in [1.165, 1.54) is 6.42 Å². The van der Waals surface area contributed by atoms with Crippen LogP contribution in [-0.2, 0) is 0 Å². The summed E-state index contributed by atoms with van der Waals surface area (Å²) >= 11 is 0. The van der Waals surface area contributed by atoms with Crippen LogP contribution < -0.4 is 10.2 Å². The fourth-order valence-electron chi connectivity index (χ4n) is 2.15. The molecule has 1 aliphatic rings. The average Bonchev–Trinajstić information content (AvgIpc) is 2.30. The summed E-state index contributed by atoms with van der Waals surface area (Å²) in [5, 5.41) is 3.43. The summed E-state index contributed by atoms with van der Waals surface area (Å²) in [7, 11) is 2.11. The van der Waals surface area contributed by atoms with Gasteiger partial charge in [-0.15, -0.1) is 0 Å². The van der Waals surface area contributed by atoms with E-state index in [2.05, 4.69) is 34.2 Å².